The fraction of sp³-hybridized carbons (Fsp3) is 0. The standard InChI is InChI=1S/C10H7NO4/c12-6-3-5-1-2-7(10(14)15)11-9(5)8(13)4-6/h1-4,12-13H,(H,14,15). The summed E-state index contributed by atoms with van der Waals surface area (Å²) in [5.41, 5.74) is 0.0104. The maximum absolute atomic E-state index is 10.6. The molecule has 2 rings (SSSR count). The molecule has 0 saturated carbocycles. The molecule has 3 N–H and O–H groups in total. The molecule has 0 aliphatic heterocycles. The molecule has 0 bridgehead atoms. The molecule has 5 heteroatoms. The van der Waals surface area contributed by atoms with Crippen LogP contribution in [-0.4, -0.2) is 26.3 Å². The molecule has 5 nitrogen and oxygen atoms in total. The smallest absolute Gasteiger partial charge is 0.354 e. The summed E-state index contributed by atoms with van der Waals surface area (Å²) in [6.45, 7) is 0. The molecule has 1 aromatic heterocycles. The van der Waals surface area contributed by atoms with Crippen LogP contribution in [0.5, 0.6) is 11.5 Å². The molecular weight excluding hydrogens is 198 g/mol. The number of carboxylic acid groups (broad SMARTS) is 1. The van der Waals surface area contributed by atoms with Gasteiger partial charge in [0.05, 0.1) is 0 Å². The third-order valence-corrected chi connectivity index (χ3v) is 1.98. The molecule has 15 heavy (non-hydrogen) atoms. The highest BCUT2D eigenvalue weighted by atomic mass is 16.4. The zero-order valence-corrected chi connectivity index (χ0v) is 7.51. The molecule has 0 radical (unpaired) electrons. The lowest BCUT2D eigenvalue weighted by molar-refractivity contribution is 0.0691. The van der Waals surface area contributed by atoms with E-state index in [1.807, 2.05) is 0 Å². The molecule has 0 atom stereocenters. The molecule has 1 heterocycles. The van der Waals surface area contributed by atoms with E-state index in [0.717, 1.165) is 6.07 Å². The Balaban J connectivity index is 2.76. The van der Waals surface area contributed by atoms with Crippen LogP contribution in [0.25, 0.3) is 10.9 Å². The zero-order chi connectivity index (χ0) is 11.0. The predicted octanol–water partition coefficient (Wildman–Crippen LogP) is 1.34. The van der Waals surface area contributed by atoms with E-state index >= 15 is 0 Å². The van der Waals surface area contributed by atoms with Crippen molar-refractivity contribution >= 4 is 16.9 Å². The van der Waals surface area contributed by atoms with Crippen molar-refractivity contribution in [1.29, 1.82) is 0 Å². The minimum Gasteiger partial charge on any atom is -0.508 e. The highest BCUT2D eigenvalue weighted by molar-refractivity contribution is 5.92. The molecular formula is C10H7NO4. The minimum atomic E-state index is -1.16. The van der Waals surface area contributed by atoms with Gasteiger partial charge in [-0.2, -0.15) is 0 Å². The Bertz CT molecular complexity index is 550. The number of phenols is 2. The molecule has 0 fully saturated rings. The molecule has 0 aliphatic carbocycles. The molecule has 0 unspecified atom stereocenters. The number of aromatic nitrogens is 1. The molecule has 0 aliphatic rings. The number of nitrogens with zero attached hydrogens (tertiary/aromatic N) is 1. The summed E-state index contributed by atoms with van der Waals surface area (Å²) in [7, 11) is 0. The Morgan fingerprint density at radius 2 is 1.93 bits per heavy atom. The summed E-state index contributed by atoms with van der Waals surface area (Å²) >= 11 is 0. The van der Waals surface area contributed by atoms with Crippen LogP contribution in [0.15, 0.2) is 24.3 Å². The lowest BCUT2D eigenvalue weighted by Crippen LogP contribution is -1.99. The first-order valence-corrected chi connectivity index (χ1v) is 4.14. The average Bonchev–Trinajstić information content (AvgIpc) is 2.16. The summed E-state index contributed by atoms with van der Waals surface area (Å²) in [6, 6.07) is 5.30. The van der Waals surface area contributed by atoms with Crippen molar-refractivity contribution in [2.24, 2.45) is 0 Å². The number of carbonyl (C=O) groups is 1. The van der Waals surface area contributed by atoms with Crippen molar-refractivity contribution in [1.82, 2.24) is 4.98 Å². The third kappa shape index (κ3) is 1.54. The van der Waals surface area contributed by atoms with Crippen LogP contribution in [0.3, 0.4) is 0 Å². The molecule has 2 aromatic rings. The quantitative estimate of drug-likeness (QED) is 0.653. The summed E-state index contributed by atoms with van der Waals surface area (Å²) < 4.78 is 0. The van der Waals surface area contributed by atoms with Crippen molar-refractivity contribution < 1.29 is 20.1 Å². The minimum absolute atomic E-state index is 0.0927. The lowest BCUT2D eigenvalue weighted by atomic mass is 10.2. The van der Waals surface area contributed by atoms with Gasteiger partial charge in [-0.15, -0.1) is 0 Å². The van der Waals surface area contributed by atoms with Gasteiger partial charge in [0.15, 0.2) is 0 Å². The summed E-state index contributed by atoms with van der Waals surface area (Å²) in [5, 5.41) is 27.8. The second kappa shape index (κ2) is 3.13. The van der Waals surface area contributed by atoms with Crippen LogP contribution in [0, 0.1) is 0 Å². The van der Waals surface area contributed by atoms with Crippen LogP contribution in [-0.2, 0) is 0 Å². The van der Waals surface area contributed by atoms with Gasteiger partial charge in [0, 0.05) is 11.5 Å². The lowest BCUT2D eigenvalue weighted by Gasteiger charge is -2.02. The Hall–Kier alpha value is -2.30. The van der Waals surface area contributed by atoms with Gasteiger partial charge < -0.3 is 15.3 Å². The van der Waals surface area contributed by atoms with Gasteiger partial charge >= 0.3 is 5.97 Å². The number of rotatable bonds is 1. The maximum Gasteiger partial charge on any atom is 0.354 e. The van der Waals surface area contributed by atoms with E-state index < -0.39 is 5.97 Å². The number of aromatic hydroxyl groups is 2. The number of aromatic carboxylic acids is 1. The first-order valence-electron chi connectivity index (χ1n) is 4.14. The van der Waals surface area contributed by atoms with Crippen LogP contribution in [0.4, 0.5) is 0 Å². The average molecular weight is 205 g/mol. The van der Waals surface area contributed by atoms with Crippen LogP contribution in [0.2, 0.25) is 0 Å². The Kier molecular flexibility index (Phi) is 1.93. The fourth-order valence-electron chi connectivity index (χ4n) is 1.32. The van der Waals surface area contributed by atoms with E-state index in [-0.39, 0.29) is 22.7 Å². The number of benzene rings is 1. The SMILES string of the molecule is O=C(O)c1ccc2cc(O)cc(O)c2n1. The monoisotopic (exact) mass is 205 g/mol. The van der Waals surface area contributed by atoms with Gasteiger partial charge in [-0.25, -0.2) is 9.78 Å². The number of pyridine rings is 1. The molecule has 0 spiro atoms. The van der Waals surface area contributed by atoms with Gasteiger partial charge in [0.1, 0.15) is 22.7 Å². The topological polar surface area (TPSA) is 90.7 Å². The highest BCUT2D eigenvalue weighted by Gasteiger charge is 2.09. The van der Waals surface area contributed by atoms with Crippen molar-refractivity contribution in [3.8, 4) is 11.5 Å². The second-order valence-electron chi connectivity index (χ2n) is 3.04. The van der Waals surface area contributed by atoms with Crippen molar-refractivity contribution in [3.63, 3.8) is 0 Å². The van der Waals surface area contributed by atoms with E-state index in [0.29, 0.717) is 5.39 Å². The van der Waals surface area contributed by atoms with Crippen LogP contribution >= 0.6 is 0 Å². The number of carboxylic acids is 1. The number of fused-ring (bicyclic) bond motifs is 1. The number of phenolic OH excluding ortho intramolecular Hbond substituents is 2. The van der Waals surface area contributed by atoms with Crippen molar-refractivity contribution in [2.45, 2.75) is 0 Å². The van der Waals surface area contributed by atoms with E-state index in [9.17, 15) is 15.0 Å². The van der Waals surface area contributed by atoms with Crippen molar-refractivity contribution in [2.75, 3.05) is 0 Å². The summed E-state index contributed by atoms with van der Waals surface area (Å²) in [4.78, 5) is 14.4. The zero-order valence-electron chi connectivity index (χ0n) is 7.51. The van der Waals surface area contributed by atoms with Gasteiger partial charge in [-0.05, 0) is 12.1 Å². The Morgan fingerprint density at radius 1 is 1.20 bits per heavy atom. The van der Waals surface area contributed by atoms with Crippen LogP contribution in [0.1, 0.15) is 10.5 Å². The molecule has 0 saturated heterocycles. The van der Waals surface area contributed by atoms with E-state index in [1.165, 1.54) is 18.2 Å². The molecule has 0 amide bonds. The largest absolute Gasteiger partial charge is 0.508 e. The fourth-order valence-corrected chi connectivity index (χ4v) is 1.32. The highest BCUT2D eigenvalue weighted by Crippen LogP contribution is 2.28. The van der Waals surface area contributed by atoms with Gasteiger partial charge in [0.2, 0.25) is 0 Å². The summed E-state index contributed by atoms with van der Waals surface area (Å²) in [6.07, 6.45) is 0. The van der Waals surface area contributed by atoms with E-state index in [1.54, 1.807) is 0 Å². The Morgan fingerprint density at radius 3 is 2.60 bits per heavy atom. The first kappa shape index (κ1) is 9.26. The molecule has 76 valence electrons. The van der Waals surface area contributed by atoms with Gasteiger partial charge in [-0.1, -0.05) is 6.07 Å². The second-order valence-corrected chi connectivity index (χ2v) is 3.04. The number of hydrogen-bond acceptors (Lipinski definition) is 4. The normalized spacial score (nSPS) is 10.4. The first-order chi connectivity index (χ1) is 7.08. The van der Waals surface area contributed by atoms with Gasteiger partial charge in [-0.3, -0.25) is 0 Å². The Labute approximate surface area is 84.2 Å². The third-order valence-electron chi connectivity index (χ3n) is 1.98. The number of hydrogen-bond donors (Lipinski definition) is 3. The van der Waals surface area contributed by atoms with E-state index in [4.69, 9.17) is 5.11 Å². The van der Waals surface area contributed by atoms with E-state index in [2.05, 4.69) is 4.98 Å². The predicted molar refractivity (Wildman–Crippen MR) is 52.0 cm³/mol. The molecule has 1 aromatic carbocycles. The summed E-state index contributed by atoms with van der Waals surface area (Å²) in [5.74, 6) is -1.50. The van der Waals surface area contributed by atoms with Crippen molar-refractivity contribution in [3.05, 3.63) is 30.0 Å². The van der Waals surface area contributed by atoms with Gasteiger partial charge in [0.25, 0.3) is 0 Å². The van der Waals surface area contributed by atoms with Crippen LogP contribution < -0.4 is 0 Å². The maximum atomic E-state index is 10.6.